The van der Waals surface area contributed by atoms with Crippen molar-refractivity contribution in [2.45, 2.75) is 18.9 Å². The first-order valence-electron chi connectivity index (χ1n) is 3.81. The Morgan fingerprint density at radius 3 is 3.40 bits per heavy atom. The fourth-order valence-electron chi connectivity index (χ4n) is 1.91. The fourth-order valence-corrected chi connectivity index (χ4v) is 1.91. The average Bonchev–Trinajstić information content (AvgIpc) is 2.44. The minimum atomic E-state index is 0.484. The van der Waals surface area contributed by atoms with Crippen molar-refractivity contribution in [1.29, 1.82) is 0 Å². The summed E-state index contributed by atoms with van der Waals surface area (Å²) in [5.74, 6) is 0. The molecule has 0 amide bonds. The van der Waals surface area contributed by atoms with Gasteiger partial charge in [0.25, 0.3) is 0 Å². The lowest BCUT2D eigenvalue weighted by molar-refractivity contribution is -0.105. The Balaban J connectivity index is 2.17. The zero-order chi connectivity index (χ0) is 6.97. The van der Waals surface area contributed by atoms with E-state index in [-0.39, 0.29) is 0 Å². The summed E-state index contributed by atoms with van der Waals surface area (Å²) in [5.41, 5.74) is 1.01. The van der Waals surface area contributed by atoms with Crippen molar-refractivity contribution >= 4 is 6.29 Å². The van der Waals surface area contributed by atoms with E-state index in [0.29, 0.717) is 6.04 Å². The maximum atomic E-state index is 10.5. The minimum Gasteiger partial charge on any atom is -0.298 e. The van der Waals surface area contributed by atoms with Gasteiger partial charge in [-0.3, -0.25) is 9.69 Å². The number of fused-ring (bicyclic) bond motifs is 1. The first-order valence-corrected chi connectivity index (χ1v) is 3.81. The largest absolute Gasteiger partial charge is 0.298 e. The predicted octanol–water partition coefficient (Wildman–Crippen LogP) is 0.590. The van der Waals surface area contributed by atoms with Crippen LogP contribution in [0.2, 0.25) is 0 Å². The number of rotatable bonds is 1. The molecule has 2 rings (SSSR count). The normalized spacial score (nSPS) is 32.0. The van der Waals surface area contributed by atoms with Crippen LogP contribution in [0.3, 0.4) is 0 Å². The van der Waals surface area contributed by atoms with Gasteiger partial charge in [0, 0.05) is 18.2 Å². The van der Waals surface area contributed by atoms with Crippen molar-refractivity contribution in [1.82, 2.24) is 4.90 Å². The van der Waals surface area contributed by atoms with E-state index in [1.165, 1.54) is 19.4 Å². The van der Waals surface area contributed by atoms with E-state index < -0.39 is 0 Å². The van der Waals surface area contributed by atoms with Gasteiger partial charge >= 0.3 is 0 Å². The molecule has 1 fully saturated rings. The van der Waals surface area contributed by atoms with Gasteiger partial charge in [0.15, 0.2) is 0 Å². The van der Waals surface area contributed by atoms with E-state index in [9.17, 15) is 4.79 Å². The van der Waals surface area contributed by atoms with Crippen LogP contribution in [0.1, 0.15) is 12.8 Å². The second-order valence-corrected chi connectivity index (χ2v) is 2.97. The van der Waals surface area contributed by atoms with Gasteiger partial charge in [0.2, 0.25) is 0 Å². The number of carbonyl (C=O) groups excluding carboxylic acids is 1. The summed E-state index contributed by atoms with van der Waals surface area (Å²) < 4.78 is 0. The molecule has 0 bridgehead atoms. The van der Waals surface area contributed by atoms with Gasteiger partial charge in [-0.25, -0.2) is 0 Å². The van der Waals surface area contributed by atoms with E-state index in [2.05, 4.69) is 11.0 Å². The van der Waals surface area contributed by atoms with Crippen molar-refractivity contribution in [3.8, 4) is 0 Å². The molecule has 0 aromatic rings. The molecule has 0 aliphatic carbocycles. The van der Waals surface area contributed by atoms with E-state index >= 15 is 0 Å². The SMILES string of the molecule is O=CC1=CCN2CCC[C@@H]12. The molecule has 2 heteroatoms. The van der Waals surface area contributed by atoms with Crippen LogP contribution in [0.25, 0.3) is 0 Å². The molecule has 0 unspecified atom stereocenters. The Labute approximate surface area is 60.5 Å². The number of aldehydes is 1. The number of hydrogen-bond donors (Lipinski definition) is 0. The van der Waals surface area contributed by atoms with Crippen molar-refractivity contribution in [3.63, 3.8) is 0 Å². The second-order valence-electron chi connectivity index (χ2n) is 2.97. The third kappa shape index (κ3) is 0.721. The van der Waals surface area contributed by atoms with Crippen molar-refractivity contribution in [3.05, 3.63) is 11.6 Å². The summed E-state index contributed by atoms with van der Waals surface area (Å²) in [4.78, 5) is 12.8. The zero-order valence-corrected chi connectivity index (χ0v) is 5.92. The van der Waals surface area contributed by atoms with Crippen LogP contribution < -0.4 is 0 Å². The molecule has 54 valence electrons. The molecule has 0 saturated carbocycles. The Hall–Kier alpha value is -0.630. The van der Waals surface area contributed by atoms with E-state index in [1.54, 1.807) is 0 Å². The Kier molecular flexibility index (Phi) is 1.34. The lowest BCUT2D eigenvalue weighted by atomic mass is 10.1. The molecule has 0 aromatic carbocycles. The van der Waals surface area contributed by atoms with Gasteiger partial charge in [-0.2, -0.15) is 0 Å². The summed E-state index contributed by atoms with van der Waals surface area (Å²) in [7, 11) is 0. The van der Waals surface area contributed by atoms with Gasteiger partial charge in [-0.1, -0.05) is 6.08 Å². The summed E-state index contributed by atoms with van der Waals surface area (Å²) in [6.45, 7) is 2.18. The van der Waals surface area contributed by atoms with Crippen LogP contribution in [0.5, 0.6) is 0 Å². The van der Waals surface area contributed by atoms with Crippen molar-refractivity contribution in [2.75, 3.05) is 13.1 Å². The number of hydrogen-bond acceptors (Lipinski definition) is 2. The number of nitrogens with zero attached hydrogens (tertiary/aromatic N) is 1. The Bertz CT molecular complexity index is 186. The molecule has 0 spiro atoms. The highest BCUT2D eigenvalue weighted by atomic mass is 16.1. The molecule has 1 saturated heterocycles. The second kappa shape index (κ2) is 2.20. The van der Waals surface area contributed by atoms with Crippen LogP contribution in [0.15, 0.2) is 11.6 Å². The van der Waals surface area contributed by atoms with Crippen LogP contribution in [-0.2, 0) is 4.79 Å². The summed E-state index contributed by atoms with van der Waals surface area (Å²) >= 11 is 0. The minimum absolute atomic E-state index is 0.484. The van der Waals surface area contributed by atoms with Gasteiger partial charge < -0.3 is 0 Å². The molecule has 2 aliphatic rings. The summed E-state index contributed by atoms with van der Waals surface area (Å²) in [6, 6.07) is 0.484. The monoisotopic (exact) mass is 137 g/mol. The molecule has 10 heavy (non-hydrogen) atoms. The first-order chi connectivity index (χ1) is 4.92. The maximum absolute atomic E-state index is 10.5. The Morgan fingerprint density at radius 2 is 2.60 bits per heavy atom. The highest BCUT2D eigenvalue weighted by Gasteiger charge is 2.30. The van der Waals surface area contributed by atoms with E-state index in [1.807, 2.05) is 0 Å². The van der Waals surface area contributed by atoms with Gasteiger partial charge in [-0.15, -0.1) is 0 Å². The summed E-state index contributed by atoms with van der Waals surface area (Å²) in [5, 5.41) is 0. The fraction of sp³-hybridized carbons (Fsp3) is 0.625. The standard InChI is InChI=1S/C8H11NO/c10-6-7-3-5-9-4-1-2-8(7)9/h3,6,8H,1-2,4-5H2/t8-/m0/s1. The van der Waals surface area contributed by atoms with Crippen LogP contribution in [0, 0.1) is 0 Å². The average molecular weight is 137 g/mol. The summed E-state index contributed by atoms with van der Waals surface area (Å²) in [6.07, 6.45) is 5.51. The third-order valence-corrected chi connectivity index (χ3v) is 2.45. The molecular weight excluding hydrogens is 126 g/mol. The first kappa shape index (κ1) is 6.10. The smallest absolute Gasteiger partial charge is 0.147 e. The van der Waals surface area contributed by atoms with Gasteiger partial charge in [-0.05, 0) is 19.4 Å². The Morgan fingerprint density at radius 1 is 1.70 bits per heavy atom. The van der Waals surface area contributed by atoms with E-state index in [4.69, 9.17) is 0 Å². The van der Waals surface area contributed by atoms with Crippen LogP contribution in [0.4, 0.5) is 0 Å². The lowest BCUT2D eigenvalue weighted by Crippen LogP contribution is -2.25. The molecule has 2 heterocycles. The highest BCUT2D eigenvalue weighted by molar-refractivity contribution is 5.76. The highest BCUT2D eigenvalue weighted by Crippen LogP contribution is 2.26. The van der Waals surface area contributed by atoms with Gasteiger partial charge in [0.1, 0.15) is 6.29 Å². The lowest BCUT2D eigenvalue weighted by Gasteiger charge is -2.14. The molecule has 0 radical (unpaired) electrons. The molecule has 2 aliphatic heterocycles. The van der Waals surface area contributed by atoms with Crippen molar-refractivity contribution < 1.29 is 4.79 Å². The molecule has 0 N–H and O–H groups in total. The van der Waals surface area contributed by atoms with Gasteiger partial charge in [0.05, 0.1) is 0 Å². The zero-order valence-electron chi connectivity index (χ0n) is 5.92. The van der Waals surface area contributed by atoms with Crippen LogP contribution in [-0.4, -0.2) is 30.3 Å². The third-order valence-electron chi connectivity index (χ3n) is 2.45. The quantitative estimate of drug-likeness (QED) is 0.493. The maximum Gasteiger partial charge on any atom is 0.147 e. The van der Waals surface area contributed by atoms with Crippen LogP contribution >= 0.6 is 0 Å². The van der Waals surface area contributed by atoms with E-state index in [0.717, 1.165) is 18.4 Å². The molecular formula is C8H11NO. The topological polar surface area (TPSA) is 20.3 Å². The molecule has 0 aromatic heterocycles. The number of carbonyl (C=O) groups is 1. The molecule has 1 atom stereocenters. The predicted molar refractivity (Wildman–Crippen MR) is 38.7 cm³/mol. The molecule has 2 nitrogen and oxygen atoms in total. The van der Waals surface area contributed by atoms with Crippen molar-refractivity contribution in [2.24, 2.45) is 0 Å².